The summed E-state index contributed by atoms with van der Waals surface area (Å²) >= 11 is 0.122. The Balaban J connectivity index is 3.03. The fourth-order valence-corrected chi connectivity index (χ4v) is 1.09. The van der Waals surface area contributed by atoms with Crippen LogP contribution in [0.3, 0.4) is 0 Å². The smallest absolute Gasteiger partial charge is 0.114 e. The normalized spacial score (nSPS) is 17.5. The van der Waals surface area contributed by atoms with E-state index in [9.17, 15) is 4.21 Å². The molecule has 0 radical (unpaired) electrons. The van der Waals surface area contributed by atoms with Crippen molar-refractivity contribution in [3.8, 4) is 0 Å². The van der Waals surface area contributed by atoms with Gasteiger partial charge in [0.15, 0.2) is 0 Å². The number of aryl methyl sites for hydroxylation is 1. The van der Waals surface area contributed by atoms with Gasteiger partial charge in [0.25, 0.3) is 0 Å². The Morgan fingerprint density at radius 3 is 3.46 bits per heavy atom. The molecule has 13 heavy (non-hydrogen) atoms. The van der Waals surface area contributed by atoms with Crippen LogP contribution in [0, 0.1) is 0 Å². The summed E-state index contributed by atoms with van der Waals surface area (Å²) in [5, 5.41) is 0. The van der Waals surface area contributed by atoms with E-state index < -0.39 is 13.2 Å². The van der Waals surface area contributed by atoms with E-state index in [2.05, 4.69) is 4.98 Å². The molecule has 1 aromatic rings. The van der Waals surface area contributed by atoms with Gasteiger partial charge in [0.05, 0.1) is 0 Å². The summed E-state index contributed by atoms with van der Waals surface area (Å²) in [5.41, 5.74) is 6.11. The highest BCUT2D eigenvalue weighted by Crippen LogP contribution is 2.03. The third-order valence-electron chi connectivity index (χ3n) is 1.46. The molecule has 4 heteroatoms. The van der Waals surface area contributed by atoms with Gasteiger partial charge < -0.3 is 0 Å². The number of rotatable bonds is 3. The average Bonchev–Trinajstić information content (AvgIpc) is 2.26. The molecule has 0 aliphatic heterocycles. The Bertz CT molecular complexity index is 496. The summed E-state index contributed by atoms with van der Waals surface area (Å²) in [5.74, 6) is 0. The van der Waals surface area contributed by atoms with Gasteiger partial charge in [-0.2, -0.15) is 0 Å². The minimum Gasteiger partial charge on any atom is -0.291 e. The second-order valence-corrected chi connectivity index (χ2v) is 2.94. The lowest BCUT2D eigenvalue weighted by molar-refractivity contribution is 0.701. The lowest BCUT2D eigenvalue weighted by Crippen LogP contribution is -2.13. The van der Waals surface area contributed by atoms with Gasteiger partial charge in [-0.15, -0.1) is 0 Å². The third kappa shape index (κ3) is 2.75. The van der Waals surface area contributed by atoms with Crippen LogP contribution in [-0.2, 0) is 17.7 Å². The Morgan fingerprint density at radius 1 is 1.92 bits per heavy atom. The molecule has 0 aliphatic rings. The fourth-order valence-electron chi connectivity index (χ4n) is 0.867. The minimum atomic E-state index is -2.73. The van der Waals surface area contributed by atoms with E-state index in [4.69, 9.17) is 12.6 Å². The number of hydrogen-bond acceptors (Lipinski definition) is 2. The average molecular weight is 201 g/mol. The lowest BCUT2D eigenvalue weighted by atomic mass is 10.2. The predicted molar refractivity (Wildman–Crippen MR) is 54.7 cm³/mol. The molecule has 1 heterocycles. The van der Waals surface area contributed by atoms with E-state index in [0.29, 0.717) is 5.56 Å². The van der Waals surface area contributed by atoms with Crippen molar-refractivity contribution in [3.63, 3.8) is 0 Å². The zero-order valence-electron chi connectivity index (χ0n) is 11.8. The number of nitrogens with two attached hydrogens (primary N) is 1. The quantitative estimate of drug-likeness (QED) is 0.732. The Hall–Kier alpha value is -1.00. The maximum atomic E-state index is 10.6. The van der Waals surface area contributed by atoms with E-state index in [1.807, 2.05) is 0 Å². The predicted octanol–water partition coefficient (Wildman–Crippen LogP) is 0.684. The molecule has 1 rings (SSSR count). The highest BCUT2D eigenvalue weighted by molar-refractivity contribution is 7.66. The topological polar surface area (TPSA) is 56.0 Å². The SMILES string of the molecule is [2H]C([2H])([2H])C([2H])([2H])Cc1cc(C(N)=S=O)ccn1. The molecule has 0 aromatic carbocycles. The van der Waals surface area contributed by atoms with Crippen molar-refractivity contribution in [2.24, 2.45) is 5.73 Å². The fraction of sp³-hybridized carbons (Fsp3) is 0.333. The van der Waals surface area contributed by atoms with Gasteiger partial charge in [-0.25, -0.2) is 4.21 Å². The zero-order chi connectivity index (χ0) is 14.0. The number of nitrogens with zero attached hydrogens (tertiary/aromatic N) is 1. The van der Waals surface area contributed by atoms with Crippen LogP contribution in [0.25, 0.3) is 0 Å². The van der Waals surface area contributed by atoms with Crippen LogP contribution in [0.1, 0.15) is 31.3 Å². The third-order valence-corrected chi connectivity index (χ3v) is 1.88. The standard InChI is InChI=1S/C9H12N2OS/c1-2-3-8-6-7(4-5-11-8)9(10)13-12/h4-6H,2-3,10H2,1H3/i1D3,2D2. The second kappa shape index (κ2) is 4.89. The van der Waals surface area contributed by atoms with E-state index in [-0.39, 0.29) is 28.4 Å². The molecule has 70 valence electrons. The van der Waals surface area contributed by atoms with Gasteiger partial charge in [-0.1, -0.05) is 13.2 Å². The summed E-state index contributed by atoms with van der Waals surface area (Å²) in [6, 6.07) is 2.93. The van der Waals surface area contributed by atoms with E-state index >= 15 is 0 Å². The number of hydrogen-bond donors (Lipinski definition) is 1. The monoisotopic (exact) mass is 201 g/mol. The van der Waals surface area contributed by atoms with Crippen molar-refractivity contribution < 1.29 is 11.1 Å². The summed E-state index contributed by atoms with van der Waals surface area (Å²) in [4.78, 5) is 3.92. The molecule has 0 atom stereocenters. The molecule has 0 amide bonds. The van der Waals surface area contributed by atoms with Crippen molar-refractivity contribution in [2.75, 3.05) is 0 Å². The molecule has 0 aliphatic carbocycles. The van der Waals surface area contributed by atoms with Crippen LogP contribution in [0.15, 0.2) is 18.3 Å². The van der Waals surface area contributed by atoms with Crippen molar-refractivity contribution in [1.82, 2.24) is 4.98 Å². The zero-order valence-corrected chi connectivity index (χ0v) is 7.60. The Kier molecular flexibility index (Phi) is 1.89. The summed E-state index contributed by atoms with van der Waals surface area (Å²) in [7, 11) is 0. The molecular formula is C9H12N2OS. The van der Waals surface area contributed by atoms with Gasteiger partial charge in [-0.3, -0.25) is 10.7 Å². The van der Waals surface area contributed by atoms with Crippen molar-refractivity contribution >= 4 is 16.2 Å². The molecule has 0 unspecified atom stereocenters. The molecule has 1 aromatic heterocycles. The Morgan fingerprint density at radius 2 is 2.77 bits per heavy atom. The molecule has 0 spiro atoms. The van der Waals surface area contributed by atoms with Crippen LogP contribution >= 0.6 is 0 Å². The number of aromatic nitrogens is 1. The van der Waals surface area contributed by atoms with Gasteiger partial charge >= 0.3 is 0 Å². The van der Waals surface area contributed by atoms with Gasteiger partial charge in [0, 0.05) is 24.3 Å². The van der Waals surface area contributed by atoms with Crippen molar-refractivity contribution in [2.45, 2.75) is 19.6 Å². The van der Waals surface area contributed by atoms with Crippen LogP contribution in [0.2, 0.25) is 0 Å². The first-order valence-corrected chi connectivity index (χ1v) is 4.29. The highest BCUT2D eigenvalue weighted by atomic mass is 32.1. The lowest BCUT2D eigenvalue weighted by Gasteiger charge is -2.00. The number of pyridine rings is 1. The van der Waals surface area contributed by atoms with E-state index in [1.165, 1.54) is 18.3 Å². The summed E-state index contributed by atoms with van der Waals surface area (Å²) in [6.07, 6.45) is -1.38. The van der Waals surface area contributed by atoms with Crippen LogP contribution in [0.4, 0.5) is 0 Å². The highest BCUT2D eigenvalue weighted by Gasteiger charge is 1.99. The van der Waals surface area contributed by atoms with Gasteiger partial charge in [0.1, 0.15) is 16.2 Å². The van der Waals surface area contributed by atoms with E-state index in [0.717, 1.165) is 0 Å². The summed E-state index contributed by atoms with van der Waals surface area (Å²) < 4.78 is 46.9. The van der Waals surface area contributed by atoms with Crippen LogP contribution in [0.5, 0.6) is 0 Å². The second-order valence-electron chi connectivity index (χ2n) is 2.34. The molecular weight excluding hydrogens is 184 g/mol. The van der Waals surface area contributed by atoms with Gasteiger partial charge in [0.2, 0.25) is 0 Å². The minimum absolute atomic E-state index is 0.0353. The van der Waals surface area contributed by atoms with Crippen LogP contribution < -0.4 is 5.73 Å². The molecule has 3 nitrogen and oxygen atoms in total. The molecule has 0 fully saturated rings. The maximum Gasteiger partial charge on any atom is 0.114 e. The molecule has 0 saturated heterocycles. The first-order chi connectivity index (χ1) is 8.17. The molecule has 0 saturated carbocycles. The first-order valence-electron chi connectivity index (χ1n) is 6.05. The largest absolute Gasteiger partial charge is 0.291 e. The summed E-state index contributed by atoms with van der Waals surface area (Å²) in [6.45, 7) is -2.73. The Labute approximate surface area is 88.1 Å². The van der Waals surface area contributed by atoms with Gasteiger partial charge in [-0.05, 0) is 18.6 Å². The first kappa shape index (κ1) is 5.02. The van der Waals surface area contributed by atoms with E-state index in [1.54, 1.807) is 0 Å². The van der Waals surface area contributed by atoms with Crippen molar-refractivity contribution in [1.29, 1.82) is 0 Å². The maximum absolute atomic E-state index is 10.6. The molecule has 2 N–H and O–H groups in total. The molecule has 0 bridgehead atoms. The van der Waals surface area contributed by atoms with Crippen LogP contribution in [-0.4, -0.2) is 14.2 Å². The van der Waals surface area contributed by atoms with Crippen molar-refractivity contribution in [3.05, 3.63) is 29.6 Å².